The molecular weight excluding hydrogens is 336 g/mol. The third-order valence-corrected chi connectivity index (χ3v) is 5.19. The van der Waals surface area contributed by atoms with E-state index in [1.807, 2.05) is 36.4 Å². The van der Waals surface area contributed by atoms with Gasteiger partial charge in [0.1, 0.15) is 11.5 Å². The Morgan fingerprint density at radius 2 is 2.08 bits per heavy atom. The average molecular weight is 363 g/mol. The van der Waals surface area contributed by atoms with Crippen molar-refractivity contribution in [2.45, 2.75) is 38.3 Å². The van der Waals surface area contributed by atoms with Crippen molar-refractivity contribution in [3.8, 4) is 11.3 Å². The SMILES string of the molecule is OCC1CCCN1CCCCNCc1ccc(-c2ccccc2Cl)o1. The number of nitrogens with zero attached hydrogens (tertiary/aromatic N) is 1. The van der Waals surface area contributed by atoms with E-state index in [1.54, 1.807) is 0 Å². The number of likely N-dealkylation sites (tertiary alicyclic amines) is 1. The number of halogens is 1. The van der Waals surface area contributed by atoms with Crippen LogP contribution in [-0.2, 0) is 6.54 Å². The van der Waals surface area contributed by atoms with Crippen molar-refractivity contribution >= 4 is 11.6 Å². The third-order valence-electron chi connectivity index (χ3n) is 4.86. The highest BCUT2D eigenvalue weighted by Gasteiger charge is 2.22. The number of hydrogen-bond donors (Lipinski definition) is 2. The second-order valence-electron chi connectivity index (χ2n) is 6.64. The highest BCUT2D eigenvalue weighted by atomic mass is 35.5. The summed E-state index contributed by atoms with van der Waals surface area (Å²) >= 11 is 6.21. The Labute approximate surface area is 154 Å². The minimum Gasteiger partial charge on any atom is -0.460 e. The molecular formula is C20H27ClN2O2. The van der Waals surface area contributed by atoms with Gasteiger partial charge in [0.15, 0.2) is 0 Å². The normalized spacial score (nSPS) is 18.1. The highest BCUT2D eigenvalue weighted by Crippen LogP contribution is 2.28. The molecule has 1 aliphatic heterocycles. The molecule has 25 heavy (non-hydrogen) atoms. The number of aliphatic hydroxyl groups is 1. The molecule has 0 spiro atoms. The van der Waals surface area contributed by atoms with Gasteiger partial charge in [0, 0.05) is 11.6 Å². The lowest BCUT2D eigenvalue weighted by molar-refractivity contribution is 0.157. The van der Waals surface area contributed by atoms with Gasteiger partial charge in [-0.3, -0.25) is 4.90 Å². The summed E-state index contributed by atoms with van der Waals surface area (Å²) in [5.74, 6) is 1.74. The summed E-state index contributed by atoms with van der Waals surface area (Å²) < 4.78 is 5.88. The summed E-state index contributed by atoms with van der Waals surface area (Å²) in [6.45, 7) is 4.22. The summed E-state index contributed by atoms with van der Waals surface area (Å²) in [5, 5.41) is 13.5. The van der Waals surface area contributed by atoms with Gasteiger partial charge in [-0.25, -0.2) is 0 Å². The summed E-state index contributed by atoms with van der Waals surface area (Å²) in [6.07, 6.45) is 4.65. The predicted molar refractivity (Wildman–Crippen MR) is 102 cm³/mol. The number of furan rings is 1. The molecule has 2 N–H and O–H groups in total. The lowest BCUT2D eigenvalue weighted by Crippen LogP contribution is -2.33. The molecule has 0 aliphatic carbocycles. The zero-order valence-electron chi connectivity index (χ0n) is 14.6. The van der Waals surface area contributed by atoms with Gasteiger partial charge in [-0.1, -0.05) is 23.7 Å². The number of rotatable bonds is 9. The monoisotopic (exact) mass is 362 g/mol. The van der Waals surface area contributed by atoms with E-state index in [9.17, 15) is 5.11 Å². The number of nitrogens with one attached hydrogen (secondary N) is 1. The first-order valence-electron chi connectivity index (χ1n) is 9.17. The Kier molecular flexibility index (Phi) is 6.93. The second kappa shape index (κ2) is 9.39. The average Bonchev–Trinajstić information content (AvgIpc) is 3.27. The van der Waals surface area contributed by atoms with Crippen LogP contribution in [0.2, 0.25) is 5.02 Å². The molecule has 136 valence electrons. The van der Waals surface area contributed by atoms with E-state index in [1.165, 1.54) is 6.42 Å². The maximum Gasteiger partial charge on any atom is 0.135 e. The van der Waals surface area contributed by atoms with Gasteiger partial charge >= 0.3 is 0 Å². The van der Waals surface area contributed by atoms with Crippen LogP contribution in [0.4, 0.5) is 0 Å². The topological polar surface area (TPSA) is 48.6 Å². The molecule has 1 aromatic carbocycles. The summed E-state index contributed by atoms with van der Waals surface area (Å²) in [4.78, 5) is 2.42. The Balaban J connectivity index is 1.35. The Bertz CT molecular complexity index is 659. The standard InChI is InChI=1S/C20H27ClN2O2/c21-19-8-2-1-7-18(19)20-10-9-17(25-20)14-22-11-3-4-12-23-13-5-6-16(23)15-24/h1-2,7-10,16,22,24H,3-6,11-15H2. The van der Waals surface area contributed by atoms with Crippen LogP contribution in [0.15, 0.2) is 40.8 Å². The smallest absolute Gasteiger partial charge is 0.135 e. The van der Waals surface area contributed by atoms with Crippen molar-refractivity contribution < 1.29 is 9.52 Å². The second-order valence-corrected chi connectivity index (χ2v) is 7.05. The molecule has 0 radical (unpaired) electrons. The van der Waals surface area contributed by atoms with E-state index < -0.39 is 0 Å². The lowest BCUT2D eigenvalue weighted by Gasteiger charge is -2.22. The van der Waals surface area contributed by atoms with Crippen LogP contribution in [0.3, 0.4) is 0 Å². The van der Waals surface area contributed by atoms with Crippen molar-refractivity contribution in [3.63, 3.8) is 0 Å². The van der Waals surface area contributed by atoms with Gasteiger partial charge in [0.2, 0.25) is 0 Å². The van der Waals surface area contributed by atoms with Crippen molar-refractivity contribution in [2.24, 2.45) is 0 Å². The molecule has 0 saturated carbocycles. The molecule has 1 aliphatic rings. The van der Waals surface area contributed by atoms with Crippen molar-refractivity contribution in [3.05, 3.63) is 47.2 Å². The Morgan fingerprint density at radius 3 is 2.92 bits per heavy atom. The first kappa shape index (κ1) is 18.5. The van der Waals surface area contributed by atoms with Crippen LogP contribution in [0.1, 0.15) is 31.4 Å². The first-order valence-corrected chi connectivity index (χ1v) is 9.55. The molecule has 4 nitrogen and oxygen atoms in total. The summed E-state index contributed by atoms with van der Waals surface area (Å²) in [6, 6.07) is 12.1. The molecule has 2 heterocycles. The minimum atomic E-state index is 0.296. The van der Waals surface area contributed by atoms with E-state index in [0.29, 0.717) is 17.7 Å². The van der Waals surface area contributed by atoms with Gasteiger partial charge in [-0.05, 0) is 69.6 Å². The molecule has 1 fully saturated rings. The quantitative estimate of drug-likeness (QED) is 0.664. The number of hydrogen-bond acceptors (Lipinski definition) is 4. The zero-order chi connectivity index (χ0) is 17.5. The van der Waals surface area contributed by atoms with Gasteiger partial charge in [-0.2, -0.15) is 0 Å². The van der Waals surface area contributed by atoms with Gasteiger partial charge < -0.3 is 14.8 Å². The molecule has 0 bridgehead atoms. The maximum absolute atomic E-state index is 9.33. The minimum absolute atomic E-state index is 0.296. The van der Waals surface area contributed by atoms with Crippen LogP contribution in [-0.4, -0.2) is 42.3 Å². The van der Waals surface area contributed by atoms with Gasteiger partial charge in [-0.15, -0.1) is 0 Å². The highest BCUT2D eigenvalue weighted by molar-refractivity contribution is 6.33. The molecule has 1 saturated heterocycles. The van der Waals surface area contributed by atoms with Crippen LogP contribution in [0.5, 0.6) is 0 Å². The summed E-state index contributed by atoms with van der Waals surface area (Å²) in [5.41, 5.74) is 0.930. The summed E-state index contributed by atoms with van der Waals surface area (Å²) in [7, 11) is 0. The van der Waals surface area contributed by atoms with Gasteiger partial charge in [0.25, 0.3) is 0 Å². The van der Waals surface area contributed by atoms with Gasteiger partial charge in [0.05, 0.1) is 18.2 Å². The third kappa shape index (κ3) is 5.08. The molecule has 1 aromatic heterocycles. The van der Waals surface area contributed by atoms with Crippen molar-refractivity contribution in [2.75, 3.05) is 26.2 Å². The van der Waals surface area contributed by atoms with Crippen LogP contribution in [0, 0.1) is 0 Å². The number of aliphatic hydroxyl groups excluding tert-OH is 1. The van der Waals surface area contributed by atoms with E-state index in [2.05, 4.69) is 10.2 Å². The fraction of sp³-hybridized carbons (Fsp3) is 0.500. The molecule has 2 aromatic rings. The van der Waals surface area contributed by atoms with E-state index in [4.69, 9.17) is 16.0 Å². The number of benzene rings is 1. The fourth-order valence-electron chi connectivity index (χ4n) is 3.45. The zero-order valence-corrected chi connectivity index (χ0v) is 15.3. The van der Waals surface area contributed by atoms with Crippen LogP contribution < -0.4 is 5.32 Å². The molecule has 3 rings (SSSR count). The Hall–Kier alpha value is -1.33. The Morgan fingerprint density at radius 1 is 1.20 bits per heavy atom. The predicted octanol–water partition coefficient (Wildman–Crippen LogP) is 3.93. The fourth-order valence-corrected chi connectivity index (χ4v) is 3.68. The van der Waals surface area contributed by atoms with Crippen LogP contribution in [0.25, 0.3) is 11.3 Å². The first-order chi connectivity index (χ1) is 12.3. The maximum atomic E-state index is 9.33. The van der Waals surface area contributed by atoms with E-state index in [0.717, 1.165) is 62.5 Å². The van der Waals surface area contributed by atoms with Crippen molar-refractivity contribution in [1.29, 1.82) is 0 Å². The lowest BCUT2D eigenvalue weighted by atomic mass is 10.2. The number of unbranched alkanes of at least 4 members (excludes halogenated alkanes) is 1. The molecule has 1 unspecified atom stereocenters. The molecule has 0 amide bonds. The van der Waals surface area contributed by atoms with E-state index in [-0.39, 0.29) is 0 Å². The largest absolute Gasteiger partial charge is 0.460 e. The molecule has 5 heteroatoms. The van der Waals surface area contributed by atoms with E-state index >= 15 is 0 Å². The molecule has 1 atom stereocenters. The van der Waals surface area contributed by atoms with Crippen LogP contribution >= 0.6 is 11.6 Å². The van der Waals surface area contributed by atoms with Crippen molar-refractivity contribution in [1.82, 2.24) is 10.2 Å².